The van der Waals surface area contributed by atoms with E-state index in [-0.39, 0.29) is 5.76 Å². The summed E-state index contributed by atoms with van der Waals surface area (Å²) in [5, 5.41) is 0. The Morgan fingerprint density at radius 3 is 2.60 bits per heavy atom. The first kappa shape index (κ1) is 8.95. The molecule has 0 fully saturated rings. The van der Waals surface area contributed by atoms with E-state index in [0.29, 0.717) is 6.61 Å². The minimum atomic E-state index is -0.568. The molecule has 0 atom stereocenters. The summed E-state index contributed by atoms with van der Waals surface area (Å²) in [5.41, 5.74) is 0. The zero-order chi connectivity index (χ0) is 7.98. The number of rotatable bonds is 4. The van der Waals surface area contributed by atoms with Crippen molar-refractivity contribution in [3.05, 3.63) is 36.9 Å². The molecule has 0 aliphatic rings. The largest absolute Gasteiger partial charge is 0.491 e. The van der Waals surface area contributed by atoms with Crippen molar-refractivity contribution < 1.29 is 9.13 Å². The minimum Gasteiger partial charge on any atom is -0.491 e. The molecule has 56 valence electrons. The molecule has 0 aromatic carbocycles. The van der Waals surface area contributed by atoms with E-state index in [2.05, 4.69) is 13.2 Å². The Kier molecular flexibility index (Phi) is 4.29. The predicted molar refractivity (Wildman–Crippen MR) is 40.2 cm³/mol. The molecule has 0 aromatic rings. The standard InChI is InChI=1S/C8H11FO/c1-4-6-8(7(3)9)10-5-2/h4,6H,1,3,5H2,2H3. The first-order valence-electron chi connectivity index (χ1n) is 3.02. The number of hydrogen-bond acceptors (Lipinski definition) is 1. The molecule has 0 amide bonds. The van der Waals surface area contributed by atoms with Gasteiger partial charge in [-0.25, -0.2) is 4.39 Å². The lowest BCUT2D eigenvalue weighted by Gasteiger charge is -2.02. The first-order valence-corrected chi connectivity index (χ1v) is 3.02. The smallest absolute Gasteiger partial charge is 0.157 e. The highest BCUT2D eigenvalue weighted by molar-refractivity contribution is 5.20. The van der Waals surface area contributed by atoms with Gasteiger partial charge in [0.05, 0.1) is 6.61 Å². The van der Waals surface area contributed by atoms with Crippen LogP contribution in [-0.2, 0) is 4.74 Å². The predicted octanol–water partition coefficient (Wildman–Crippen LogP) is 2.58. The summed E-state index contributed by atoms with van der Waals surface area (Å²) >= 11 is 0. The van der Waals surface area contributed by atoms with E-state index in [1.165, 1.54) is 12.2 Å². The summed E-state index contributed by atoms with van der Waals surface area (Å²) in [7, 11) is 0. The van der Waals surface area contributed by atoms with E-state index in [0.717, 1.165) is 0 Å². The van der Waals surface area contributed by atoms with Gasteiger partial charge in [0.1, 0.15) is 0 Å². The van der Waals surface area contributed by atoms with Crippen LogP contribution in [0.2, 0.25) is 0 Å². The van der Waals surface area contributed by atoms with Crippen molar-refractivity contribution in [2.45, 2.75) is 6.92 Å². The van der Waals surface area contributed by atoms with Gasteiger partial charge in [0.2, 0.25) is 0 Å². The maximum atomic E-state index is 12.3. The SMILES string of the molecule is C=CC=C(OCC)C(=C)F. The number of halogens is 1. The van der Waals surface area contributed by atoms with Gasteiger partial charge >= 0.3 is 0 Å². The lowest BCUT2D eigenvalue weighted by molar-refractivity contribution is 0.225. The van der Waals surface area contributed by atoms with Gasteiger partial charge < -0.3 is 4.74 Å². The summed E-state index contributed by atoms with van der Waals surface area (Å²) in [6.07, 6.45) is 2.89. The lowest BCUT2D eigenvalue weighted by Crippen LogP contribution is -1.90. The second-order valence-corrected chi connectivity index (χ2v) is 1.60. The number of hydrogen-bond donors (Lipinski definition) is 0. The van der Waals surface area contributed by atoms with Crippen LogP contribution < -0.4 is 0 Å². The quantitative estimate of drug-likeness (QED) is 0.433. The van der Waals surface area contributed by atoms with Crippen molar-refractivity contribution in [1.82, 2.24) is 0 Å². The zero-order valence-electron chi connectivity index (χ0n) is 6.06. The average molecular weight is 142 g/mol. The van der Waals surface area contributed by atoms with Crippen molar-refractivity contribution in [1.29, 1.82) is 0 Å². The van der Waals surface area contributed by atoms with Gasteiger partial charge in [0.15, 0.2) is 11.6 Å². The second-order valence-electron chi connectivity index (χ2n) is 1.60. The van der Waals surface area contributed by atoms with E-state index < -0.39 is 5.83 Å². The van der Waals surface area contributed by atoms with Crippen LogP contribution in [0.25, 0.3) is 0 Å². The van der Waals surface area contributed by atoms with Gasteiger partial charge in [0, 0.05) is 0 Å². The Hall–Kier alpha value is -1.05. The Morgan fingerprint density at radius 1 is 1.70 bits per heavy atom. The third kappa shape index (κ3) is 3.07. The molecule has 0 aliphatic heterocycles. The van der Waals surface area contributed by atoms with Gasteiger partial charge in [-0.2, -0.15) is 0 Å². The van der Waals surface area contributed by atoms with Crippen LogP contribution in [0, 0.1) is 0 Å². The van der Waals surface area contributed by atoms with Crippen molar-refractivity contribution in [3.8, 4) is 0 Å². The van der Waals surface area contributed by atoms with E-state index in [1.807, 2.05) is 0 Å². The highest BCUT2D eigenvalue weighted by Gasteiger charge is 1.98. The molecule has 0 bridgehead atoms. The van der Waals surface area contributed by atoms with E-state index in [4.69, 9.17) is 4.74 Å². The minimum absolute atomic E-state index is 0.150. The molecule has 0 radical (unpaired) electrons. The highest BCUT2D eigenvalue weighted by Crippen LogP contribution is 2.09. The molecule has 0 N–H and O–H groups in total. The Morgan fingerprint density at radius 2 is 2.30 bits per heavy atom. The van der Waals surface area contributed by atoms with Crippen molar-refractivity contribution >= 4 is 0 Å². The first-order chi connectivity index (χ1) is 4.72. The maximum Gasteiger partial charge on any atom is 0.157 e. The van der Waals surface area contributed by atoms with E-state index >= 15 is 0 Å². The molecule has 0 aromatic heterocycles. The fourth-order valence-electron chi connectivity index (χ4n) is 0.479. The summed E-state index contributed by atoms with van der Waals surface area (Å²) in [6.45, 7) is 8.70. The molecule has 0 saturated carbocycles. The summed E-state index contributed by atoms with van der Waals surface area (Å²) in [5.74, 6) is -0.417. The van der Waals surface area contributed by atoms with E-state index in [9.17, 15) is 4.39 Å². The van der Waals surface area contributed by atoms with Crippen LogP contribution in [0.1, 0.15) is 6.92 Å². The summed E-state index contributed by atoms with van der Waals surface area (Å²) in [4.78, 5) is 0. The Balaban J connectivity index is 4.11. The maximum absolute atomic E-state index is 12.3. The lowest BCUT2D eigenvalue weighted by atomic mass is 10.4. The average Bonchev–Trinajstić information content (AvgIpc) is 1.87. The van der Waals surface area contributed by atoms with Crippen molar-refractivity contribution in [2.24, 2.45) is 0 Å². The molecule has 0 heterocycles. The topological polar surface area (TPSA) is 9.23 Å². The molecule has 0 spiro atoms. The Labute approximate surface area is 60.5 Å². The van der Waals surface area contributed by atoms with Gasteiger partial charge in [-0.05, 0) is 13.0 Å². The molecular weight excluding hydrogens is 131 g/mol. The van der Waals surface area contributed by atoms with Gasteiger partial charge in [-0.1, -0.05) is 19.2 Å². The van der Waals surface area contributed by atoms with Gasteiger partial charge in [-0.15, -0.1) is 0 Å². The molecule has 0 rings (SSSR count). The molecule has 0 unspecified atom stereocenters. The van der Waals surface area contributed by atoms with E-state index in [1.54, 1.807) is 6.92 Å². The second kappa shape index (κ2) is 4.79. The third-order valence-corrected chi connectivity index (χ3v) is 0.836. The van der Waals surface area contributed by atoms with Crippen molar-refractivity contribution in [3.63, 3.8) is 0 Å². The van der Waals surface area contributed by atoms with Crippen LogP contribution in [0.15, 0.2) is 36.9 Å². The van der Waals surface area contributed by atoms with Crippen LogP contribution in [0.4, 0.5) is 4.39 Å². The zero-order valence-corrected chi connectivity index (χ0v) is 6.06. The fourth-order valence-corrected chi connectivity index (χ4v) is 0.479. The van der Waals surface area contributed by atoms with Gasteiger partial charge in [0.25, 0.3) is 0 Å². The monoisotopic (exact) mass is 142 g/mol. The number of ether oxygens (including phenoxy) is 1. The third-order valence-electron chi connectivity index (χ3n) is 0.836. The highest BCUT2D eigenvalue weighted by atomic mass is 19.1. The molecule has 10 heavy (non-hydrogen) atoms. The van der Waals surface area contributed by atoms with Crippen LogP contribution in [0.3, 0.4) is 0 Å². The fraction of sp³-hybridized carbons (Fsp3) is 0.250. The molecule has 0 aliphatic carbocycles. The van der Waals surface area contributed by atoms with Crippen molar-refractivity contribution in [2.75, 3.05) is 6.61 Å². The molecule has 0 saturated heterocycles. The van der Waals surface area contributed by atoms with Crippen LogP contribution in [0.5, 0.6) is 0 Å². The van der Waals surface area contributed by atoms with Crippen LogP contribution in [-0.4, -0.2) is 6.61 Å². The molecular formula is C8H11FO. The normalized spacial score (nSPS) is 10.8. The summed E-state index contributed by atoms with van der Waals surface area (Å²) < 4.78 is 17.2. The Bertz CT molecular complexity index is 159. The van der Waals surface area contributed by atoms with Gasteiger partial charge in [-0.3, -0.25) is 0 Å². The molecule has 2 heteroatoms. The summed E-state index contributed by atoms with van der Waals surface area (Å²) in [6, 6.07) is 0. The molecule has 1 nitrogen and oxygen atoms in total. The number of allylic oxidation sites excluding steroid dienone is 3. The van der Waals surface area contributed by atoms with Crippen LogP contribution >= 0.6 is 0 Å².